The first-order valence-electron chi connectivity index (χ1n) is 10.7. The number of hydrazone groups is 1. The SMILES string of the molecule is CC(=O)N1N=C(c2ccccc2)CC1c1cn(-c2ccc(C)cc2)nc1-c1ccccc1. The van der Waals surface area contributed by atoms with E-state index in [0.717, 1.165) is 33.8 Å². The Hall–Kier alpha value is -3.99. The van der Waals surface area contributed by atoms with Gasteiger partial charge in [-0.25, -0.2) is 9.69 Å². The van der Waals surface area contributed by atoms with Gasteiger partial charge in [-0.05, 0) is 24.6 Å². The molecule has 0 saturated heterocycles. The predicted molar refractivity (Wildman–Crippen MR) is 127 cm³/mol. The fourth-order valence-corrected chi connectivity index (χ4v) is 4.13. The molecule has 0 aliphatic carbocycles. The van der Waals surface area contributed by atoms with Gasteiger partial charge in [-0.1, -0.05) is 78.4 Å². The van der Waals surface area contributed by atoms with Crippen LogP contribution in [0, 0.1) is 6.92 Å². The van der Waals surface area contributed by atoms with Gasteiger partial charge < -0.3 is 0 Å². The molecule has 4 aromatic rings. The quantitative estimate of drug-likeness (QED) is 0.435. The van der Waals surface area contributed by atoms with Crippen molar-refractivity contribution in [2.24, 2.45) is 5.10 Å². The largest absolute Gasteiger partial charge is 0.273 e. The van der Waals surface area contributed by atoms with Crippen LogP contribution < -0.4 is 0 Å². The maximum absolute atomic E-state index is 12.6. The van der Waals surface area contributed by atoms with Gasteiger partial charge in [-0.15, -0.1) is 0 Å². The zero-order valence-electron chi connectivity index (χ0n) is 18.1. The fourth-order valence-electron chi connectivity index (χ4n) is 4.13. The Kier molecular flexibility index (Phi) is 5.15. The third kappa shape index (κ3) is 3.73. The molecule has 0 saturated carbocycles. The number of aromatic nitrogens is 2. The molecular formula is C27H24N4O. The van der Waals surface area contributed by atoms with Gasteiger partial charge >= 0.3 is 0 Å². The van der Waals surface area contributed by atoms with Gasteiger partial charge in [0.2, 0.25) is 5.91 Å². The van der Waals surface area contributed by atoms with Gasteiger partial charge in [-0.3, -0.25) is 4.79 Å². The molecule has 0 spiro atoms. The van der Waals surface area contributed by atoms with E-state index in [0.29, 0.717) is 6.42 Å². The Labute approximate surface area is 187 Å². The Morgan fingerprint density at radius 1 is 0.875 bits per heavy atom. The number of carbonyl (C=O) groups excluding carboxylic acids is 1. The summed E-state index contributed by atoms with van der Waals surface area (Å²) in [7, 11) is 0. The summed E-state index contributed by atoms with van der Waals surface area (Å²) in [6.07, 6.45) is 2.68. The van der Waals surface area contributed by atoms with Gasteiger partial charge in [0.15, 0.2) is 0 Å². The van der Waals surface area contributed by atoms with Gasteiger partial charge in [0.05, 0.1) is 23.1 Å². The molecule has 1 aliphatic heterocycles. The monoisotopic (exact) mass is 420 g/mol. The highest BCUT2D eigenvalue weighted by Crippen LogP contribution is 2.38. The molecular weight excluding hydrogens is 396 g/mol. The summed E-state index contributed by atoms with van der Waals surface area (Å²) in [5.41, 5.74) is 7.00. The van der Waals surface area contributed by atoms with Crippen molar-refractivity contribution >= 4 is 11.6 Å². The molecule has 1 aliphatic rings. The van der Waals surface area contributed by atoms with E-state index >= 15 is 0 Å². The highest BCUT2D eigenvalue weighted by Gasteiger charge is 2.34. The predicted octanol–water partition coefficient (Wildman–Crippen LogP) is 5.55. The summed E-state index contributed by atoms with van der Waals surface area (Å²) in [5.74, 6) is -0.0805. The van der Waals surface area contributed by atoms with Crippen LogP contribution in [0.4, 0.5) is 0 Å². The molecule has 32 heavy (non-hydrogen) atoms. The number of nitrogens with zero attached hydrogens (tertiary/aromatic N) is 4. The first-order chi connectivity index (χ1) is 15.6. The highest BCUT2D eigenvalue weighted by atomic mass is 16.2. The molecule has 1 atom stereocenters. The maximum atomic E-state index is 12.6. The molecule has 0 bridgehead atoms. The van der Waals surface area contributed by atoms with Crippen LogP contribution in [0.1, 0.15) is 36.1 Å². The Bertz CT molecular complexity index is 1270. The van der Waals surface area contributed by atoms with E-state index < -0.39 is 0 Å². The minimum Gasteiger partial charge on any atom is -0.273 e. The van der Waals surface area contributed by atoms with Crippen molar-refractivity contribution in [1.29, 1.82) is 0 Å². The van der Waals surface area contributed by atoms with Crippen molar-refractivity contribution < 1.29 is 4.79 Å². The number of hydrogen-bond acceptors (Lipinski definition) is 3. The van der Waals surface area contributed by atoms with Crippen LogP contribution in [0.3, 0.4) is 0 Å². The van der Waals surface area contributed by atoms with Crippen molar-refractivity contribution in [3.63, 3.8) is 0 Å². The molecule has 2 heterocycles. The summed E-state index contributed by atoms with van der Waals surface area (Å²) in [6, 6.07) is 28.2. The number of carbonyl (C=O) groups is 1. The van der Waals surface area contributed by atoms with Crippen LogP contribution in [0.15, 0.2) is 96.2 Å². The second-order valence-electron chi connectivity index (χ2n) is 8.08. The smallest absolute Gasteiger partial charge is 0.240 e. The summed E-state index contributed by atoms with van der Waals surface area (Å²) >= 11 is 0. The second kappa shape index (κ2) is 8.27. The topological polar surface area (TPSA) is 50.5 Å². The van der Waals surface area contributed by atoms with E-state index in [-0.39, 0.29) is 11.9 Å². The van der Waals surface area contributed by atoms with Gasteiger partial charge in [-0.2, -0.15) is 10.2 Å². The zero-order valence-corrected chi connectivity index (χ0v) is 18.1. The minimum atomic E-state index is -0.211. The molecule has 5 heteroatoms. The molecule has 5 nitrogen and oxygen atoms in total. The Morgan fingerprint density at radius 2 is 1.50 bits per heavy atom. The average Bonchev–Trinajstić information content (AvgIpc) is 3.46. The number of aryl methyl sites for hydroxylation is 1. The van der Waals surface area contributed by atoms with Crippen molar-refractivity contribution in [1.82, 2.24) is 14.8 Å². The number of rotatable bonds is 4. The molecule has 0 N–H and O–H groups in total. The van der Waals surface area contributed by atoms with Crippen LogP contribution in [-0.2, 0) is 4.79 Å². The fraction of sp³-hybridized carbons (Fsp3) is 0.148. The number of benzene rings is 3. The Balaban J connectivity index is 1.61. The first kappa shape index (κ1) is 19.9. The van der Waals surface area contributed by atoms with Gasteiger partial charge in [0, 0.05) is 30.7 Å². The van der Waals surface area contributed by atoms with E-state index in [1.807, 2.05) is 59.4 Å². The van der Waals surface area contributed by atoms with Crippen molar-refractivity contribution in [3.8, 4) is 16.9 Å². The Morgan fingerprint density at radius 3 is 2.12 bits per heavy atom. The normalized spacial score (nSPS) is 15.6. The molecule has 158 valence electrons. The summed E-state index contributed by atoms with van der Waals surface area (Å²) in [5, 5.41) is 11.3. The molecule has 0 fully saturated rings. The minimum absolute atomic E-state index is 0.0805. The van der Waals surface area contributed by atoms with E-state index in [2.05, 4.69) is 43.3 Å². The lowest BCUT2D eigenvalue weighted by Crippen LogP contribution is -2.24. The van der Waals surface area contributed by atoms with Crippen molar-refractivity contribution in [2.75, 3.05) is 0 Å². The van der Waals surface area contributed by atoms with Gasteiger partial charge in [0.25, 0.3) is 0 Å². The number of hydrogen-bond donors (Lipinski definition) is 0. The molecule has 3 aromatic carbocycles. The molecule has 1 unspecified atom stereocenters. The standard InChI is InChI=1S/C27H24N4O/c1-19-13-15-23(16-14-19)30-18-24(27(29-30)22-11-7-4-8-12-22)26-17-25(28-31(26)20(2)32)21-9-5-3-6-10-21/h3-16,18,26H,17H2,1-2H3. The van der Waals surface area contributed by atoms with Crippen LogP contribution in [0.25, 0.3) is 16.9 Å². The summed E-state index contributed by atoms with van der Waals surface area (Å²) in [4.78, 5) is 12.6. The molecule has 1 aromatic heterocycles. The highest BCUT2D eigenvalue weighted by molar-refractivity contribution is 6.03. The molecule has 0 radical (unpaired) electrons. The zero-order chi connectivity index (χ0) is 22.1. The maximum Gasteiger partial charge on any atom is 0.240 e. The third-order valence-corrected chi connectivity index (χ3v) is 5.79. The van der Waals surface area contributed by atoms with E-state index in [4.69, 9.17) is 10.2 Å². The van der Waals surface area contributed by atoms with Crippen molar-refractivity contribution in [2.45, 2.75) is 26.3 Å². The summed E-state index contributed by atoms with van der Waals surface area (Å²) < 4.78 is 1.90. The van der Waals surface area contributed by atoms with Crippen LogP contribution in [0.5, 0.6) is 0 Å². The first-order valence-corrected chi connectivity index (χ1v) is 10.7. The van der Waals surface area contributed by atoms with Gasteiger partial charge in [0.1, 0.15) is 0 Å². The van der Waals surface area contributed by atoms with E-state index in [9.17, 15) is 4.79 Å². The lowest BCUT2D eigenvalue weighted by molar-refractivity contribution is -0.130. The van der Waals surface area contributed by atoms with Crippen LogP contribution in [0.2, 0.25) is 0 Å². The van der Waals surface area contributed by atoms with E-state index in [1.54, 1.807) is 11.9 Å². The van der Waals surface area contributed by atoms with Crippen molar-refractivity contribution in [3.05, 3.63) is 108 Å². The second-order valence-corrected chi connectivity index (χ2v) is 8.08. The molecule has 1 amide bonds. The third-order valence-electron chi connectivity index (χ3n) is 5.79. The van der Waals surface area contributed by atoms with E-state index in [1.165, 1.54) is 5.56 Å². The van der Waals surface area contributed by atoms with Crippen LogP contribution >= 0.6 is 0 Å². The lowest BCUT2D eigenvalue weighted by Gasteiger charge is -2.20. The van der Waals surface area contributed by atoms with Crippen LogP contribution in [-0.4, -0.2) is 26.4 Å². The summed E-state index contributed by atoms with van der Waals surface area (Å²) in [6.45, 7) is 3.64. The average molecular weight is 421 g/mol. The molecule has 5 rings (SSSR count). The lowest BCUT2D eigenvalue weighted by atomic mass is 9.96. The number of amides is 1.